The highest BCUT2D eigenvalue weighted by Crippen LogP contribution is 2.41. The van der Waals surface area contributed by atoms with Crippen LogP contribution in [0.4, 0.5) is 18.9 Å². The quantitative estimate of drug-likeness (QED) is 0.578. The standard InChI is InChI=1S/C24H30F3N3O3S/c1-23(2)19-8-6-5-7-17(19)15-20(23)29-18-11-9-16(10-12-18)22(24(25,26)27)30(4)21(31)13-14-34(32,33)28-3/h5-12,20,22,28-29H,13-15H2,1-4H3/t20?,22-/m0/s1. The zero-order chi connectivity index (χ0) is 25.3. The van der Waals surface area contributed by atoms with Gasteiger partial charge in [0.25, 0.3) is 0 Å². The van der Waals surface area contributed by atoms with E-state index >= 15 is 0 Å². The number of anilines is 1. The maximum absolute atomic E-state index is 13.9. The van der Waals surface area contributed by atoms with Crippen molar-refractivity contribution in [2.75, 3.05) is 25.2 Å². The number of fused-ring (bicyclic) bond motifs is 1. The summed E-state index contributed by atoms with van der Waals surface area (Å²) in [5.41, 5.74) is 2.94. The fraction of sp³-hybridized carbons (Fsp3) is 0.458. The molecule has 2 atom stereocenters. The summed E-state index contributed by atoms with van der Waals surface area (Å²) in [5.74, 6) is -1.49. The van der Waals surface area contributed by atoms with E-state index in [1.165, 1.54) is 30.3 Å². The summed E-state index contributed by atoms with van der Waals surface area (Å²) >= 11 is 0. The molecule has 2 aromatic rings. The van der Waals surface area contributed by atoms with E-state index in [0.717, 1.165) is 13.5 Å². The summed E-state index contributed by atoms with van der Waals surface area (Å²) in [4.78, 5) is 12.9. The second kappa shape index (κ2) is 9.58. The first-order valence-electron chi connectivity index (χ1n) is 10.9. The highest BCUT2D eigenvalue weighted by atomic mass is 32.2. The Kier molecular flexibility index (Phi) is 7.33. The molecule has 0 saturated carbocycles. The molecule has 0 aromatic heterocycles. The highest BCUT2D eigenvalue weighted by Gasteiger charge is 2.45. The minimum absolute atomic E-state index is 0.0764. The van der Waals surface area contributed by atoms with Crippen LogP contribution in [0, 0.1) is 0 Å². The fourth-order valence-electron chi connectivity index (χ4n) is 4.46. The van der Waals surface area contributed by atoms with E-state index in [1.807, 2.05) is 16.9 Å². The third-order valence-corrected chi connectivity index (χ3v) is 7.92. The number of nitrogens with zero attached hydrogens (tertiary/aromatic N) is 1. The number of halogens is 3. The molecule has 2 N–H and O–H groups in total. The summed E-state index contributed by atoms with van der Waals surface area (Å²) in [6.07, 6.45) is -4.47. The van der Waals surface area contributed by atoms with Crippen LogP contribution in [0.25, 0.3) is 0 Å². The van der Waals surface area contributed by atoms with Crippen molar-refractivity contribution in [3.8, 4) is 0 Å². The molecule has 0 heterocycles. The van der Waals surface area contributed by atoms with Gasteiger partial charge in [0.05, 0.1) is 5.75 Å². The predicted molar refractivity (Wildman–Crippen MR) is 126 cm³/mol. The number of hydrogen-bond donors (Lipinski definition) is 2. The number of sulfonamides is 1. The van der Waals surface area contributed by atoms with Gasteiger partial charge in [0.1, 0.15) is 0 Å². The lowest BCUT2D eigenvalue weighted by Crippen LogP contribution is -2.40. The fourth-order valence-corrected chi connectivity index (χ4v) is 5.11. The van der Waals surface area contributed by atoms with E-state index in [1.54, 1.807) is 12.1 Å². The number of rotatable bonds is 8. The maximum atomic E-state index is 13.9. The molecule has 0 fully saturated rings. The zero-order valence-electron chi connectivity index (χ0n) is 19.6. The first kappa shape index (κ1) is 26.0. The van der Waals surface area contributed by atoms with E-state index in [9.17, 15) is 26.4 Å². The molecule has 186 valence electrons. The van der Waals surface area contributed by atoms with Gasteiger partial charge in [-0.15, -0.1) is 0 Å². The summed E-state index contributed by atoms with van der Waals surface area (Å²) in [6.45, 7) is 4.28. The molecule has 1 aliphatic rings. The molecule has 0 aliphatic heterocycles. The Morgan fingerprint density at radius 1 is 1.15 bits per heavy atom. The summed E-state index contributed by atoms with van der Waals surface area (Å²) in [7, 11) is -1.49. The minimum atomic E-state index is -4.73. The lowest BCUT2D eigenvalue weighted by Gasteiger charge is -2.31. The van der Waals surface area contributed by atoms with Gasteiger partial charge in [0.2, 0.25) is 15.9 Å². The molecule has 1 unspecified atom stereocenters. The van der Waals surface area contributed by atoms with Crippen LogP contribution in [0.2, 0.25) is 0 Å². The molecular formula is C24H30F3N3O3S. The summed E-state index contributed by atoms with van der Waals surface area (Å²) in [5, 5.41) is 3.44. The number of amides is 1. The normalized spacial score (nSPS) is 18.3. The van der Waals surface area contributed by atoms with E-state index < -0.39 is 40.3 Å². The van der Waals surface area contributed by atoms with Gasteiger partial charge in [-0.3, -0.25) is 4.79 Å². The molecule has 0 bridgehead atoms. The summed E-state index contributed by atoms with van der Waals surface area (Å²) < 4.78 is 66.8. The second-order valence-electron chi connectivity index (χ2n) is 9.12. The summed E-state index contributed by atoms with van der Waals surface area (Å²) in [6, 6.07) is 11.9. The van der Waals surface area contributed by atoms with Gasteiger partial charge < -0.3 is 10.2 Å². The van der Waals surface area contributed by atoms with Crippen LogP contribution in [-0.2, 0) is 26.7 Å². The first-order valence-corrected chi connectivity index (χ1v) is 12.6. The molecule has 1 amide bonds. The largest absolute Gasteiger partial charge is 0.413 e. The highest BCUT2D eigenvalue weighted by molar-refractivity contribution is 7.89. The number of benzene rings is 2. The van der Waals surface area contributed by atoms with Gasteiger partial charge in [-0.2, -0.15) is 13.2 Å². The minimum Gasteiger partial charge on any atom is -0.381 e. The van der Waals surface area contributed by atoms with Gasteiger partial charge in [-0.1, -0.05) is 50.2 Å². The molecule has 2 aromatic carbocycles. The van der Waals surface area contributed by atoms with E-state index in [-0.39, 0.29) is 17.0 Å². The van der Waals surface area contributed by atoms with Crippen molar-refractivity contribution in [2.45, 2.75) is 50.4 Å². The van der Waals surface area contributed by atoms with Gasteiger partial charge in [0.15, 0.2) is 6.04 Å². The van der Waals surface area contributed by atoms with Crippen molar-refractivity contribution in [3.63, 3.8) is 0 Å². The maximum Gasteiger partial charge on any atom is 0.413 e. The smallest absolute Gasteiger partial charge is 0.381 e. The molecular weight excluding hydrogens is 467 g/mol. The molecule has 3 rings (SSSR count). The zero-order valence-corrected chi connectivity index (χ0v) is 20.4. The lowest BCUT2D eigenvalue weighted by atomic mass is 9.83. The Balaban J connectivity index is 1.76. The van der Waals surface area contributed by atoms with E-state index in [2.05, 4.69) is 31.3 Å². The van der Waals surface area contributed by atoms with Gasteiger partial charge in [-0.05, 0) is 42.3 Å². The van der Waals surface area contributed by atoms with E-state index in [0.29, 0.717) is 10.6 Å². The number of hydrogen-bond acceptors (Lipinski definition) is 4. The molecule has 6 nitrogen and oxygen atoms in total. The van der Waals surface area contributed by atoms with Crippen molar-refractivity contribution in [1.29, 1.82) is 0 Å². The van der Waals surface area contributed by atoms with Gasteiger partial charge in [-0.25, -0.2) is 13.1 Å². The van der Waals surface area contributed by atoms with Crippen molar-refractivity contribution in [2.24, 2.45) is 0 Å². The number of carbonyl (C=O) groups excluding carboxylic acids is 1. The molecule has 0 saturated heterocycles. The molecule has 0 spiro atoms. The Labute approximate surface area is 198 Å². The van der Waals surface area contributed by atoms with Crippen molar-refractivity contribution >= 4 is 21.6 Å². The Hall–Kier alpha value is -2.59. The Bertz CT molecular complexity index is 1130. The van der Waals surface area contributed by atoms with Gasteiger partial charge >= 0.3 is 6.18 Å². The van der Waals surface area contributed by atoms with Crippen molar-refractivity contribution < 1.29 is 26.4 Å². The van der Waals surface area contributed by atoms with Crippen LogP contribution in [0.15, 0.2) is 48.5 Å². The van der Waals surface area contributed by atoms with Crippen LogP contribution >= 0.6 is 0 Å². The lowest BCUT2D eigenvalue weighted by molar-refractivity contribution is -0.188. The van der Waals surface area contributed by atoms with Crippen molar-refractivity contribution in [3.05, 3.63) is 65.2 Å². The van der Waals surface area contributed by atoms with Crippen LogP contribution in [0.1, 0.15) is 43.0 Å². The van der Waals surface area contributed by atoms with Gasteiger partial charge in [0, 0.05) is 30.6 Å². The van der Waals surface area contributed by atoms with Crippen LogP contribution < -0.4 is 10.0 Å². The SMILES string of the molecule is CNS(=O)(=O)CCC(=O)N(C)[C@@H](c1ccc(NC2Cc3ccccc3C2(C)C)cc1)C(F)(F)F. The average molecular weight is 498 g/mol. The number of nitrogens with one attached hydrogen (secondary N) is 2. The predicted octanol–water partition coefficient (Wildman–Crippen LogP) is 4.00. The molecule has 1 aliphatic carbocycles. The topological polar surface area (TPSA) is 78.5 Å². The number of alkyl halides is 3. The Morgan fingerprint density at radius 3 is 2.32 bits per heavy atom. The monoisotopic (exact) mass is 497 g/mol. The third kappa shape index (κ3) is 5.55. The van der Waals surface area contributed by atoms with E-state index in [4.69, 9.17) is 0 Å². The van der Waals surface area contributed by atoms with Crippen molar-refractivity contribution in [1.82, 2.24) is 9.62 Å². The molecule has 10 heteroatoms. The third-order valence-electron chi connectivity index (χ3n) is 6.56. The van der Waals surface area contributed by atoms with Crippen LogP contribution in [0.3, 0.4) is 0 Å². The van der Waals surface area contributed by atoms with Crippen LogP contribution in [-0.4, -0.2) is 51.3 Å². The molecule has 34 heavy (non-hydrogen) atoms. The molecule has 0 radical (unpaired) electrons. The average Bonchev–Trinajstić information content (AvgIpc) is 3.02. The first-order chi connectivity index (χ1) is 15.8. The van der Waals surface area contributed by atoms with Crippen LogP contribution in [0.5, 0.6) is 0 Å². The Morgan fingerprint density at radius 2 is 1.76 bits per heavy atom. The second-order valence-corrected chi connectivity index (χ2v) is 11.2. The number of carbonyl (C=O) groups is 1.